The summed E-state index contributed by atoms with van der Waals surface area (Å²) in [5, 5.41) is 4.37. The van der Waals surface area contributed by atoms with Gasteiger partial charge in [-0.3, -0.25) is 14.3 Å². The van der Waals surface area contributed by atoms with Gasteiger partial charge in [-0.05, 0) is 56.2 Å². The van der Waals surface area contributed by atoms with E-state index in [9.17, 15) is 14.0 Å². The zero-order valence-electron chi connectivity index (χ0n) is 20.2. The molecule has 3 aromatic rings. The average Bonchev–Trinajstić information content (AvgIpc) is 3.51. The van der Waals surface area contributed by atoms with E-state index in [4.69, 9.17) is 4.74 Å². The maximum atomic E-state index is 13.8. The third-order valence-corrected chi connectivity index (χ3v) is 7.16. The van der Waals surface area contributed by atoms with Crippen LogP contribution in [0.15, 0.2) is 54.7 Å². The molecule has 1 aliphatic heterocycles. The Bertz CT molecular complexity index is 1270. The number of rotatable bonds is 8. The van der Waals surface area contributed by atoms with E-state index in [1.165, 1.54) is 12.1 Å². The van der Waals surface area contributed by atoms with Crippen molar-refractivity contribution < 1.29 is 18.7 Å². The Morgan fingerprint density at radius 2 is 1.97 bits per heavy atom. The number of aromatic nitrogens is 2. The molecule has 2 aromatic carbocycles. The molecule has 182 valence electrons. The smallest absolute Gasteiger partial charge is 0.242 e. The first kappa shape index (κ1) is 23.1. The SMILES string of the molecule is CCN(Cc1cn(C)nc1C)C(=O)CN1C(=O)[C@@]2(COc3ccc(F)cc3)C[C@H]2c2ccccc21. The number of amides is 2. The standard InChI is InChI=1S/C27H29FN4O3/c1-4-31(15-19-14-30(3)29-18(19)2)25(33)16-32-24-8-6-5-7-22(24)23-13-27(23,26(32)34)17-35-21-11-9-20(28)10-12-21/h5-12,14,23H,4,13,15-17H2,1-3H3/t23-,27+/m0/s1. The molecule has 0 spiro atoms. The van der Waals surface area contributed by atoms with Gasteiger partial charge in [0.15, 0.2) is 0 Å². The Kier molecular flexibility index (Phi) is 5.83. The van der Waals surface area contributed by atoms with Gasteiger partial charge >= 0.3 is 0 Å². The highest BCUT2D eigenvalue weighted by molar-refractivity contribution is 6.07. The molecule has 1 saturated carbocycles. The fourth-order valence-corrected chi connectivity index (χ4v) is 5.10. The molecule has 0 N–H and O–H groups in total. The molecular weight excluding hydrogens is 447 g/mol. The van der Waals surface area contributed by atoms with Gasteiger partial charge in [0, 0.05) is 43.5 Å². The van der Waals surface area contributed by atoms with Crippen LogP contribution >= 0.6 is 0 Å². The number of fused-ring (bicyclic) bond motifs is 3. The van der Waals surface area contributed by atoms with E-state index in [0.29, 0.717) is 25.3 Å². The Morgan fingerprint density at radius 3 is 2.66 bits per heavy atom. The van der Waals surface area contributed by atoms with Crippen LogP contribution in [-0.4, -0.2) is 46.2 Å². The lowest BCUT2D eigenvalue weighted by Crippen LogP contribution is -2.49. The summed E-state index contributed by atoms with van der Waals surface area (Å²) in [6.45, 7) is 4.99. The predicted molar refractivity (Wildman–Crippen MR) is 130 cm³/mol. The van der Waals surface area contributed by atoms with E-state index in [2.05, 4.69) is 5.10 Å². The molecule has 2 aliphatic rings. The fraction of sp³-hybridized carbons (Fsp3) is 0.370. The maximum Gasteiger partial charge on any atom is 0.242 e. The quantitative estimate of drug-likeness (QED) is 0.496. The lowest BCUT2D eigenvalue weighted by molar-refractivity contribution is -0.133. The zero-order chi connectivity index (χ0) is 24.7. The number of benzene rings is 2. The van der Waals surface area contributed by atoms with Crippen LogP contribution in [0.1, 0.15) is 36.1 Å². The second-order valence-corrected chi connectivity index (χ2v) is 9.43. The number of carbonyl (C=O) groups excluding carboxylic acids is 2. The number of nitrogens with zero attached hydrogens (tertiary/aromatic N) is 4. The summed E-state index contributed by atoms with van der Waals surface area (Å²) >= 11 is 0. The number of likely N-dealkylation sites (N-methyl/N-ethyl adjacent to an activating group) is 1. The number of anilines is 1. The second kappa shape index (κ2) is 8.83. The van der Waals surface area contributed by atoms with Crippen LogP contribution in [0.5, 0.6) is 5.75 Å². The van der Waals surface area contributed by atoms with E-state index in [0.717, 1.165) is 22.5 Å². The molecule has 2 atom stereocenters. The first-order valence-corrected chi connectivity index (χ1v) is 11.9. The Balaban J connectivity index is 1.36. The fourth-order valence-electron chi connectivity index (χ4n) is 5.10. The number of hydrogen-bond acceptors (Lipinski definition) is 4. The molecule has 0 unspecified atom stereocenters. The summed E-state index contributed by atoms with van der Waals surface area (Å²) in [6.07, 6.45) is 2.59. The second-order valence-electron chi connectivity index (χ2n) is 9.43. The van der Waals surface area contributed by atoms with Gasteiger partial charge in [0.1, 0.15) is 24.7 Å². The average molecular weight is 477 g/mol. The van der Waals surface area contributed by atoms with E-state index < -0.39 is 5.41 Å². The summed E-state index contributed by atoms with van der Waals surface area (Å²) in [7, 11) is 1.86. The molecule has 0 bridgehead atoms. The van der Waals surface area contributed by atoms with Crippen LogP contribution < -0.4 is 9.64 Å². The monoisotopic (exact) mass is 476 g/mol. The number of hydrogen-bond donors (Lipinski definition) is 0. The minimum atomic E-state index is -0.708. The minimum Gasteiger partial charge on any atom is -0.492 e. The van der Waals surface area contributed by atoms with Crippen molar-refractivity contribution in [3.05, 3.63) is 77.4 Å². The first-order chi connectivity index (χ1) is 16.8. The highest BCUT2D eigenvalue weighted by Crippen LogP contribution is 2.65. The van der Waals surface area contributed by atoms with Gasteiger partial charge < -0.3 is 14.5 Å². The molecule has 2 amide bonds. The van der Waals surface area contributed by atoms with Crippen molar-refractivity contribution >= 4 is 17.5 Å². The van der Waals surface area contributed by atoms with Gasteiger partial charge in [-0.1, -0.05) is 18.2 Å². The van der Waals surface area contributed by atoms with Crippen molar-refractivity contribution in [1.29, 1.82) is 0 Å². The van der Waals surface area contributed by atoms with Crippen LogP contribution in [-0.2, 0) is 23.2 Å². The largest absolute Gasteiger partial charge is 0.492 e. The summed E-state index contributed by atoms with van der Waals surface area (Å²) < 4.78 is 20.9. The maximum absolute atomic E-state index is 13.8. The van der Waals surface area contributed by atoms with Gasteiger partial charge in [-0.25, -0.2) is 4.39 Å². The number of carbonyl (C=O) groups is 2. The molecule has 2 heterocycles. The van der Waals surface area contributed by atoms with Crippen molar-refractivity contribution in [3.8, 4) is 5.75 Å². The first-order valence-electron chi connectivity index (χ1n) is 11.9. The molecular formula is C27H29FN4O3. The summed E-state index contributed by atoms with van der Waals surface area (Å²) in [4.78, 5) is 30.6. The summed E-state index contributed by atoms with van der Waals surface area (Å²) in [6, 6.07) is 13.6. The van der Waals surface area contributed by atoms with Crippen molar-refractivity contribution in [1.82, 2.24) is 14.7 Å². The van der Waals surface area contributed by atoms with E-state index in [1.807, 2.05) is 51.4 Å². The molecule has 35 heavy (non-hydrogen) atoms. The predicted octanol–water partition coefficient (Wildman–Crippen LogP) is 3.82. The van der Waals surface area contributed by atoms with Crippen LogP contribution in [0.25, 0.3) is 0 Å². The van der Waals surface area contributed by atoms with Gasteiger partial charge in [0.2, 0.25) is 11.8 Å². The number of halogens is 1. The zero-order valence-corrected chi connectivity index (χ0v) is 20.2. The van der Waals surface area contributed by atoms with Crippen molar-refractivity contribution in [2.75, 3.05) is 24.6 Å². The summed E-state index contributed by atoms with van der Waals surface area (Å²) in [5.74, 6) is 0.0232. The van der Waals surface area contributed by atoms with Gasteiger partial charge in [-0.15, -0.1) is 0 Å². The topological polar surface area (TPSA) is 67.7 Å². The lowest BCUT2D eigenvalue weighted by atomic mass is 9.92. The van der Waals surface area contributed by atoms with E-state index in [1.54, 1.807) is 26.6 Å². The van der Waals surface area contributed by atoms with E-state index in [-0.39, 0.29) is 36.7 Å². The minimum absolute atomic E-state index is 0.0337. The molecule has 7 nitrogen and oxygen atoms in total. The number of para-hydroxylation sites is 1. The molecule has 0 saturated heterocycles. The molecule has 8 heteroatoms. The number of ether oxygens (including phenoxy) is 1. The van der Waals surface area contributed by atoms with Crippen LogP contribution in [0, 0.1) is 18.2 Å². The van der Waals surface area contributed by atoms with Crippen molar-refractivity contribution in [3.63, 3.8) is 0 Å². The molecule has 0 radical (unpaired) electrons. The van der Waals surface area contributed by atoms with Crippen molar-refractivity contribution in [2.24, 2.45) is 12.5 Å². The van der Waals surface area contributed by atoms with Crippen LogP contribution in [0.3, 0.4) is 0 Å². The molecule has 1 aromatic heterocycles. The molecule has 5 rings (SSSR count). The number of aryl methyl sites for hydroxylation is 2. The van der Waals surface area contributed by atoms with E-state index >= 15 is 0 Å². The van der Waals surface area contributed by atoms with Gasteiger partial charge in [0.05, 0.1) is 11.1 Å². The van der Waals surface area contributed by atoms with Crippen LogP contribution in [0.4, 0.5) is 10.1 Å². The molecule has 1 fully saturated rings. The highest BCUT2D eigenvalue weighted by Gasteiger charge is 2.66. The Hall–Kier alpha value is -3.68. The lowest BCUT2D eigenvalue weighted by Gasteiger charge is -2.35. The molecule has 1 aliphatic carbocycles. The summed E-state index contributed by atoms with van der Waals surface area (Å²) in [5.41, 5.74) is 3.02. The van der Waals surface area contributed by atoms with Crippen molar-refractivity contribution in [2.45, 2.75) is 32.7 Å². The Morgan fingerprint density at radius 1 is 1.23 bits per heavy atom. The third kappa shape index (κ3) is 4.17. The Labute approximate surface area is 204 Å². The van der Waals surface area contributed by atoms with Gasteiger partial charge in [-0.2, -0.15) is 5.10 Å². The highest BCUT2D eigenvalue weighted by atomic mass is 19.1. The van der Waals surface area contributed by atoms with Crippen LogP contribution in [0.2, 0.25) is 0 Å². The van der Waals surface area contributed by atoms with Gasteiger partial charge in [0.25, 0.3) is 0 Å². The third-order valence-electron chi connectivity index (χ3n) is 7.16. The normalized spacial score (nSPS) is 20.3.